The van der Waals surface area contributed by atoms with E-state index in [1.165, 1.54) is 6.20 Å². The van der Waals surface area contributed by atoms with Gasteiger partial charge in [0.25, 0.3) is 5.91 Å². The van der Waals surface area contributed by atoms with Gasteiger partial charge in [0.2, 0.25) is 0 Å². The molecule has 18 heavy (non-hydrogen) atoms. The maximum Gasteiger partial charge on any atom is 0.274 e. The van der Waals surface area contributed by atoms with E-state index in [0.717, 1.165) is 19.4 Å². The molecule has 1 aliphatic rings. The minimum Gasteiger partial charge on any atom is -0.396 e. The van der Waals surface area contributed by atoms with Gasteiger partial charge in [-0.1, -0.05) is 0 Å². The van der Waals surface area contributed by atoms with Crippen LogP contribution in [0.25, 0.3) is 0 Å². The van der Waals surface area contributed by atoms with Gasteiger partial charge in [-0.3, -0.25) is 9.48 Å². The van der Waals surface area contributed by atoms with Crippen LogP contribution in [0.1, 0.15) is 30.3 Å². The number of piperidine rings is 1. The van der Waals surface area contributed by atoms with Gasteiger partial charge in [-0.05, 0) is 19.8 Å². The Morgan fingerprint density at radius 3 is 3.11 bits per heavy atom. The number of ether oxygens (including phenoxy) is 1. The summed E-state index contributed by atoms with van der Waals surface area (Å²) in [5.41, 5.74) is 6.77. The maximum atomic E-state index is 12.5. The molecule has 1 aromatic heterocycles. The van der Waals surface area contributed by atoms with Crippen molar-refractivity contribution in [2.45, 2.75) is 32.4 Å². The SMILES string of the molecule is CCn1ncc(N)c1C(=O)N1CCCC(OC)C1. The largest absolute Gasteiger partial charge is 0.396 e. The van der Waals surface area contributed by atoms with E-state index >= 15 is 0 Å². The molecule has 1 aromatic rings. The van der Waals surface area contributed by atoms with E-state index in [9.17, 15) is 4.79 Å². The van der Waals surface area contributed by atoms with E-state index in [1.54, 1.807) is 16.7 Å². The molecule has 100 valence electrons. The van der Waals surface area contributed by atoms with Gasteiger partial charge in [0.05, 0.1) is 18.0 Å². The van der Waals surface area contributed by atoms with E-state index in [2.05, 4.69) is 5.10 Å². The molecule has 0 spiro atoms. The van der Waals surface area contributed by atoms with Gasteiger partial charge in [-0.2, -0.15) is 5.10 Å². The summed E-state index contributed by atoms with van der Waals surface area (Å²) in [6, 6.07) is 0. The molecular weight excluding hydrogens is 232 g/mol. The first-order valence-corrected chi connectivity index (χ1v) is 6.30. The number of carbonyl (C=O) groups excluding carboxylic acids is 1. The van der Waals surface area contributed by atoms with Crippen molar-refractivity contribution in [1.29, 1.82) is 0 Å². The second kappa shape index (κ2) is 5.39. The number of methoxy groups -OCH3 is 1. The lowest BCUT2D eigenvalue weighted by Gasteiger charge is -2.32. The molecule has 1 amide bonds. The van der Waals surface area contributed by atoms with Gasteiger partial charge in [-0.25, -0.2) is 0 Å². The van der Waals surface area contributed by atoms with Crippen LogP contribution in [-0.4, -0.2) is 46.9 Å². The molecule has 0 bridgehead atoms. The summed E-state index contributed by atoms with van der Waals surface area (Å²) in [6.07, 6.45) is 3.63. The number of nitrogens with zero attached hydrogens (tertiary/aromatic N) is 3. The lowest BCUT2D eigenvalue weighted by atomic mass is 10.1. The first kappa shape index (κ1) is 12.9. The average molecular weight is 252 g/mol. The second-order valence-corrected chi connectivity index (χ2v) is 4.52. The second-order valence-electron chi connectivity index (χ2n) is 4.52. The molecule has 1 fully saturated rings. The minimum absolute atomic E-state index is 0.0476. The van der Waals surface area contributed by atoms with Gasteiger partial charge >= 0.3 is 0 Å². The zero-order valence-corrected chi connectivity index (χ0v) is 10.9. The normalized spacial score (nSPS) is 20.1. The summed E-state index contributed by atoms with van der Waals surface area (Å²) in [6.45, 7) is 3.97. The van der Waals surface area contributed by atoms with Crippen molar-refractivity contribution in [1.82, 2.24) is 14.7 Å². The zero-order chi connectivity index (χ0) is 13.1. The van der Waals surface area contributed by atoms with E-state index in [-0.39, 0.29) is 12.0 Å². The van der Waals surface area contributed by atoms with E-state index in [4.69, 9.17) is 10.5 Å². The Morgan fingerprint density at radius 1 is 1.67 bits per heavy atom. The Hall–Kier alpha value is -1.56. The molecule has 1 unspecified atom stereocenters. The van der Waals surface area contributed by atoms with Crippen LogP contribution in [-0.2, 0) is 11.3 Å². The number of aromatic nitrogens is 2. The highest BCUT2D eigenvalue weighted by Gasteiger charge is 2.27. The third-order valence-electron chi connectivity index (χ3n) is 3.37. The first-order chi connectivity index (χ1) is 8.67. The molecule has 1 atom stereocenters. The number of aryl methyl sites for hydroxylation is 1. The summed E-state index contributed by atoms with van der Waals surface area (Å²) in [7, 11) is 1.68. The van der Waals surface area contributed by atoms with Crippen LogP contribution >= 0.6 is 0 Å². The maximum absolute atomic E-state index is 12.5. The number of hydrogen-bond donors (Lipinski definition) is 1. The Balaban J connectivity index is 2.17. The Kier molecular flexibility index (Phi) is 3.86. The van der Waals surface area contributed by atoms with Crippen molar-refractivity contribution < 1.29 is 9.53 Å². The van der Waals surface area contributed by atoms with Gasteiger partial charge < -0.3 is 15.4 Å². The monoisotopic (exact) mass is 252 g/mol. The third kappa shape index (κ3) is 2.33. The lowest BCUT2D eigenvalue weighted by Crippen LogP contribution is -2.43. The summed E-state index contributed by atoms with van der Waals surface area (Å²) < 4.78 is 6.98. The smallest absolute Gasteiger partial charge is 0.274 e. The van der Waals surface area contributed by atoms with Gasteiger partial charge in [0.15, 0.2) is 0 Å². The van der Waals surface area contributed by atoms with Crippen molar-refractivity contribution in [3.05, 3.63) is 11.9 Å². The molecule has 0 aliphatic carbocycles. The molecular formula is C12H20N4O2. The Morgan fingerprint density at radius 2 is 2.44 bits per heavy atom. The molecule has 2 heterocycles. The first-order valence-electron chi connectivity index (χ1n) is 6.30. The Labute approximate surface area is 107 Å². The molecule has 0 saturated carbocycles. The van der Waals surface area contributed by atoms with Crippen molar-refractivity contribution in [2.75, 3.05) is 25.9 Å². The highest BCUT2D eigenvalue weighted by Crippen LogP contribution is 2.18. The van der Waals surface area contributed by atoms with Crippen LogP contribution in [0.5, 0.6) is 0 Å². The van der Waals surface area contributed by atoms with Crippen molar-refractivity contribution in [3.63, 3.8) is 0 Å². The lowest BCUT2D eigenvalue weighted by molar-refractivity contribution is 0.0263. The van der Waals surface area contributed by atoms with Gasteiger partial charge in [0, 0.05) is 26.7 Å². The number of nitrogen functional groups attached to an aromatic ring is 1. The Bertz CT molecular complexity index is 430. The van der Waals surface area contributed by atoms with Gasteiger partial charge in [0.1, 0.15) is 5.69 Å². The molecule has 1 saturated heterocycles. The highest BCUT2D eigenvalue weighted by molar-refractivity contribution is 5.97. The third-order valence-corrected chi connectivity index (χ3v) is 3.37. The van der Waals surface area contributed by atoms with Crippen LogP contribution in [0.15, 0.2) is 6.20 Å². The van der Waals surface area contributed by atoms with Crippen molar-refractivity contribution in [3.8, 4) is 0 Å². The quantitative estimate of drug-likeness (QED) is 0.861. The van der Waals surface area contributed by atoms with Crippen molar-refractivity contribution >= 4 is 11.6 Å². The summed E-state index contributed by atoms with van der Waals surface area (Å²) in [5.74, 6) is -0.0476. The fraction of sp³-hybridized carbons (Fsp3) is 0.667. The zero-order valence-electron chi connectivity index (χ0n) is 10.9. The molecule has 0 aromatic carbocycles. The summed E-state index contributed by atoms with van der Waals surface area (Å²) >= 11 is 0. The van der Waals surface area contributed by atoms with E-state index in [1.807, 2.05) is 6.92 Å². The highest BCUT2D eigenvalue weighted by atomic mass is 16.5. The minimum atomic E-state index is -0.0476. The standard InChI is InChI=1S/C12H20N4O2/c1-3-16-11(10(13)7-14-16)12(17)15-6-4-5-9(8-15)18-2/h7,9H,3-6,8,13H2,1-2H3. The summed E-state index contributed by atoms with van der Waals surface area (Å²) in [5, 5.41) is 4.10. The number of rotatable bonds is 3. The topological polar surface area (TPSA) is 73.4 Å². The molecule has 0 radical (unpaired) electrons. The van der Waals surface area contributed by atoms with Crippen molar-refractivity contribution in [2.24, 2.45) is 0 Å². The number of amides is 1. The number of likely N-dealkylation sites (tertiary alicyclic amines) is 1. The predicted molar refractivity (Wildman–Crippen MR) is 68.2 cm³/mol. The van der Waals surface area contributed by atoms with Crippen LogP contribution in [0.2, 0.25) is 0 Å². The van der Waals surface area contributed by atoms with E-state index in [0.29, 0.717) is 24.5 Å². The van der Waals surface area contributed by atoms with Gasteiger partial charge in [-0.15, -0.1) is 0 Å². The van der Waals surface area contributed by atoms with E-state index < -0.39 is 0 Å². The number of hydrogen-bond acceptors (Lipinski definition) is 4. The molecule has 6 heteroatoms. The average Bonchev–Trinajstić information content (AvgIpc) is 2.79. The number of nitrogens with two attached hydrogens (primary N) is 1. The van der Waals surface area contributed by atoms with Crippen LogP contribution in [0.3, 0.4) is 0 Å². The molecule has 1 aliphatic heterocycles. The summed E-state index contributed by atoms with van der Waals surface area (Å²) in [4.78, 5) is 14.3. The number of anilines is 1. The molecule has 6 nitrogen and oxygen atoms in total. The van der Waals surface area contributed by atoms with Crippen LogP contribution in [0.4, 0.5) is 5.69 Å². The number of carbonyl (C=O) groups is 1. The fourth-order valence-electron chi connectivity index (χ4n) is 2.34. The van der Waals surface area contributed by atoms with Crippen LogP contribution < -0.4 is 5.73 Å². The molecule has 2 N–H and O–H groups in total. The van der Waals surface area contributed by atoms with Crippen LogP contribution in [0, 0.1) is 0 Å². The predicted octanol–water partition coefficient (Wildman–Crippen LogP) is 0.736. The molecule has 2 rings (SSSR count). The fourth-order valence-corrected chi connectivity index (χ4v) is 2.34.